The summed E-state index contributed by atoms with van der Waals surface area (Å²) in [5, 5.41) is 10.9. The number of carbonyl (C=O) groups excluding carboxylic acids is 1. The fraction of sp³-hybridized carbons (Fsp3) is 0.250. The minimum absolute atomic E-state index is 0.160. The zero-order valence-corrected chi connectivity index (χ0v) is 12.5. The highest BCUT2D eigenvalue weighted by Crippen LogP contribution is 2.61. The predicted molar refractivity (Wildman–Crippen MR) is 87.3 cm³/mol. The normalized spacial score (nSPS) is 27.0. The molecule has 0 radical (unpaired) electrons. The molecule has 1 atom stereocenters. The Morgan fingerprint density at radius 3 is 2.32 bits per heavy atom. The van der Waals surface area contributed by atoms with E-state index in [-0.39, 0.29) is 11.2 Å². The number of fused-ring (bicyclic) bond motifs is 2. The first-order valence-electron chi connectivity index (χ1n) is 7.70. The van der Waals surface area contributed by atoms with Crippen molar-refractivity contribution in [2.45, 2.75) is 30.8 Å². The van der Waals surface area contributed by atoms with Crippen LogP contribution >= 0.6 is 0 Å². The minimum atomic E-state index is -1.32. The van der Waals surface area contributed by atoms with Crippen LogP contribution in [0.2, 0.25) is 0 Å². The van der Waals surface area contributed by atoms with Crippen molar-refractivity contribution >= 4 is 17.4 Å². The molecule has 0 saturated heterocycles. The van der Waals surface area contributed by atoms with Gasteiger partial charge in [0.25, 0.3) is 0 Å². The number of benzene rings is 2. The molecule has 2 aliphatic rings. The summed E-state index contributed by atoms with van der Waals surface area (Å²) in [7, 11) is 0. The molecule has 4 rings (SSSR count). The third kappa shape index (κ3) is 1.68. The molecule has 22 heavy (non-hydrogen) atoms. The van der Waals surface area contributed by atoms with Gasteiger partial charge in [-0.15, -0.1) is 0 Å². The Kier molecular flexibility index (Phi) is 2.70. The lowest BCUT2D eigenvalue weighted by atomic mass is 9.67. The molecule has 0 aromatic heterocycles. The average molecular weight is 290 g/mol. The SMILES string of the molecule is CC1(O)C(=O)/C(=C\c2ccccc2)c2ccccc2C12CC2. The zero-order valence-electron chi connectivity index (χ0n) is 12.5. The summed E-state index contributed by atoms with van der Waals surface area (Å²) in [6.07, 6.45) is 3.65. The lowest BCUT2D eigenvalue weighted by Gasteiger charge is -2.39. The van der Waals surface area contributed by atoms with Gasteiger partial charge in [-0.05, 0) is 42.5 Å². The first-order chi connectivity index (χ1) is 10.6. The third-order valence-electron chi connectivity index (χ3n) is 5.21. The highest BCUT2D eigenvalue weighted by Gasteiger charge is 2.64. The monoisotopic (exact) mass is 290 g/mol. The van der Waals surface area contributed by atoms with E-state index in [2.05, 4.69) is 6.07 Å². The van der Waals surface area contributed by atoms with Gasteiger partial charge < -0.3 is 5.11 Å². The Morgan fingerprint density at radius 2 is 1.64 bits per heavy atom. The largest absolute Gasteiger partial charge is 0.381 e. The molecule has 1 spiro atoms. The van der Waals surface area contributed by atoms with Crippen LogP contribution in [0.3, 0.4) is 0 Å². The Bertz CT molecular complexity index is 780. The van der Waals surface area contributed by atoms with Crippen molar-refractivity contribution in [2.75, 3.05) is 0 Å². The molecule has 110 valence electrons. The number of aliphatic hydroxyl groups is 1. The van der Waals surface area contributed by atoms with Crippen LogP contribution < -0.4 is 0 Å². The van der Waals surface area contributed by atoms with Crippen LogP contribution in [0.4, 0.5) is 0 Å². The molecule has 2 aromatic rings. The van der Waals surface area contributed by atoms with E-state index in [0.717, 1.165) is 29.5 Å². The van der Waals surface area contributed by atoms with Gasteiger partial charge in [-0.1, -0.05) is 54.6 Å². The molecule has 2 nitrogen and oxygen atoms in total. The lowest BCUT2D eigenvalue weighted by molar-refractivity contribution is -0.133. The molecular formula is C20H18O2. The Balaban J connectivity index is 1.96. The van der Waals surface area contributed by atoms with Crippen LogP contribution in [0.5, 0.6) is 0 Å². The second-order valence-electron chi connectivity index (χ2n) is 6.50. The zero-order chi connectivity index (χ0) is 15.4. The molecule has 0 aliphatic heterocycles. The molecular weight excluding hydrogens is 272 g/mol. The van der Waals surface area contributed by atoms with Crippen LogP contribution in [0.15, 0.2) is 54.6 Å². The highest BCUT2D eigenvalue weighted by atomic mass is 16.3. The number of hydrogen-bond donors (Lipinski definition) is 1. The minimum Gasteiger partial charge on any atom is -0.381 e. The molecule has 2 aliphatic carbocycles. The van der Waals surface area contributed by atoms with Gasteiger partial charge >= 0.3 is 0 Å². The van der Waals surface area contributed by atoms with Crippen molar-refractivity contribution in [3.8, 4) is 0 Å². The van der Waals surface area contributed by atoms with Crippen LogP contribution in [-0.2, 0) is 10.2 Å². The maximum Gasteiger partial charge on any atom is 0.195 e. The van der Waals surface area contributed by atoms with Gasteiger partial charge in [0, 0.05) is 11.0 Å². The number of hydrogen-bond acceptors (Lipinski definition) is 2. The molecule has 1 unspecified atom stereocenters. The van der Waals surface area contributed by atoms with E-state index in [0.29, 0.717) is 5.57 Å². The molecule has 0 heterocycles. The second kappa shape index (κ2) is 4.40. The first-order valence-corrected chi connectivity index (χ1v) is 7.70. The van der Waals surface area contributed by atoms with Crippen molar-refractivity contribution in [1.29, 1.82) is 0 Å². The number of ketones is 1. The summed E-state index contributed by atoms with van der Waals surface area (Å²) in [4.78, 5) is 13.0. The molecule has 0 bridgehead atoms. The molecule has 1 saturated carbocycles. The van der Waals surface area contributed by atoms with E-state index in [1.54, 1.807) is 6.92 Å². The van der Waals surface area contributed by atoms with E-state index in [1.807, 2.05) is 54.6 Å². The van der Waals surface area contributed by atoms with Crippen molar-refractivity contribution in [3.63, 3.8) is 0 Å². The van der Waals surface area contributed by atoms with Gasteiger partial charge in [-0.25, -0.2) is 0 Å². The number of Topliss-reactive ketones (excluding diaryl/α,β-unsaturated/α-hetero) is 1. The summed E-state index contributed by atoms with van der Waals surface area (Å²) in [5.74, 6) is -0.160. The Hall–Kier alpha value is -2.19. The number of rotatable bonds is 1. The van der Waals surface area contributed by atoms with Gasteiger partial charge in [0.15, 0.2) is 5.78 Å². The summed E-state index contributed by atoms with van der Waals surface area (Å²) < 4.78 is 0. The van der Waals surface area contributed by atoms with Gasteiger partial charge in [-0.3, -0.25) is 4.79 Å². The average Bonchev–Trinajstić information content (AvgIpc) is 3.34. The van der Waals surface area contributed by atoms with Gasteiger partial charge in [0.1, 0.15) is 5.60 Å². The van der Waals surface area contributed by atoms with Gasteiger partial charge in [-0.2, -0.15) is 0 Å². The highest BCUT2D eigenvalue weighted by molar-refractivity contribution is 6.31. The van der Waals surface area contributed by atoms with Gasteiger partial charge in [0.2, 0.25) is 0 Å². The van der Waals surface area contributed by atoms with Crippen LogP contribution in [-0.4, -0.2) is 16.5 Å². The summed E-state index contributed by atoms with van der Waals surface area (Å²) >= 11 is 0. The van der Waals surface area contributed by atoms with E-state index in [9.17, 15) is 9.90 Å². The van der Waals surface area contributed by atoms with Crippen LogP contribution in [0.25, 0.3) is 11.6 Å². The van der Waals surface area contributed by atoms with E-state index in [4.69, 9.17) is 0 Å². The summed E-state index contributed by atoms with van der Waals surface area (Å²) in [6, 6.07) is 17.8. The predicted octanol–water partition coefficient (Wildman–Crippen LogP) is 3.59. The van der Waals surface area contributed by atoms with Crippen LogP contribution in [0, 0.1) is 0 Å². The van der Waals surface area contributed by atoms with E-state index < -0.39 is 5.60 Å². The van der Waals surface area contributed by atoms with Crippen molar-refractivity contribution in [2.24, 2.45) is 0 Å². The molecule has 2 heteroatoms. The van der Waals surface area contributed by atoms with Crippen LogP contribution in [0.1, 0.15) is 36.5 Å². The third-order valence-corrected chi connectivity index (χ3v) is 5.21. The standard InChI is InChI=1S/C20H18O2/c1-19(22)18(21)16(13-14-7-3-2-4-8-14)15-9-5-6-10-17(15)20(19)11-12-20/h2-10,13,22H,11-12H2,1H3/b16-13-. The van der Waals surface area contributed by atoms with Crippen molar-refractivity contribution < 1.29 is 9.90 Å². The summed E-state index contributed by atoms with van der Waals surface area (Å²) in [6.45, 7) is 1.68. The quantitative estimate of drug-likeness (QED) is 0.815. The maximum absolute atomic E-state index is 13.0. The fourth-order valence-corrected chi connectivity index (χ4v) is 3.74. The maximum atomic E-state index is 13.0. The molecule has 1 N–H and O–H groups in total. The first kappa shape index (κ1) is 13.5. The van der Waals surface area contributed by atoms with E-state index >= 15 is 0 Å². The molecule has 0 amide bonds. The Morgan fingerprint density at radius 1 is 1.00 bits per heavy atom. The Labute approximate surface area is 130 Å². The molecule has 2 aromatic carbocycles. The fourth-order valence-electron chi connectivity index (χ4n) is 3.74. The van der Waals surface area contributed by atoms with Crippen molar-refractivity contribution in [1.82, 2.24) is 0 Å². The lowest BCUT2D eigenvalue weighted by Crippen LogP contribution is -2.50. The van der Waals surface area contributed by atoms with E-state index in [1.165, 1.54) is 0 Å². The smallest absolute Gasteiger partial charge is 0.195 e. The van der Waals surface area contributed by atoms with Crippen molar-refractivity contribution in [3.05, 3.63) is 71.3 Å². The summed E-state index contributed by atoms with van der Waals surface area (Å²) in [5.41, 5.74) is 1.98. The molecule has 1 fully saturated rings. The topological polar surface area (TPSA) is 37.3 Å². The number of carbonyl (C=O) groups is 1. The second-order valence-corrected chi connectivity index (χ2v) is 6.50. The van der Waals surface area contributed by atoms with Gasteiger partial charge in [0.05, 0.1) is 0 Å².